The van der Waals surface area contributed by atoms with Gasteiger partial charge in [0.1, 0.15) is 0 Å². The summed E-state index contributed by atoms with van der Waals surface area (Å²) < 4.78 is 0. The van der Waals surface area contributed by atoms with Crippen molar-refractivity contribution in [1.29, 1.82) is 0 Å². The van der Waals surface area contributed by atoms with E-state index in [4.69, 9.17) is 11.6 Å². The van der Waals surface area contributed by atoms with Crippen LogP contribution in [0, 0.1) is 0 Å². The van der Waals surface area contributed by atoms with Crippen LogP contribution in [0.15, 0.2) is 48.5 Å². The molecule has 2 aromatic rings. The summed E-state index contributed by atoms with van der Waals surface area (Å²) in [6.07, 6.45) is 3.68. The van der Waals surface area contributed by atoms with Crippen LogP contribution in [0.1, 0.15) is 48.8 Å². The Morgan fingerprint density at radius 3 is 2.61 bits per heavy atom. The van der Waals surface area contributed by atoms with Crippen LogP contribution < -0.4 is 0 Å². The highest BCUT2D eigenvalue weighted by atomic mass is 35.5. The summed E-state index contributed by atoms with van der Waals surface area (Å²) in [5.74, 6) is 0.439. The van der Waals surface area contributed by atoms with Gasteiger partial charge in [0.25, 0.3) is 0 Å². The molecule has 0 aliphatic carbocycles. The summed E-state index contributed by atoms with van der Waals surface area (Å²) in [6, 6.07) is 16.7. The molecule has 148 valence electrons. The van der Waals surface area contributed by atoms with Crippen LogP contribution in [0.4, 0.5) is 0 Å². The molecule has 1 fully saturated rings. The van der Waals surface area contributed by atoms with Gasteiger partial charge in [-0.1, -0.05) is 54.9 Å². The van der Waals surface area contributed by atoms with Crippen LogP contribution in [0.25, 0.3) is 0 Å². The van der Waals surface area contributed by atoms with E-state index in [0.29, 0.717) is 6.42 Å². The molecule has 2 aliphatic rings. The first-order chi connectivity index (χ1) is 13.5. The number of hydrogen-bond donors (Lipinski definition) is 0. The molecule has 4 rings (SSSR count). The molecule has 2 aromatic carbocycles. The van der Waals surface area contributed by atoms with Crippen molar-refractivity contribution in [3.63, 3.8) is 0 Å². The number of piperidine rings is 1. The number of halogens is 1. The SMILES string of the molecule is C[C@H](CC(=O)N1CCC2(CC1)c1ccccc1CCN2C)c1cccc(Cl)c1. The lowest BCUT2D eigenvalue weighted by atomic mass is 9.74. The minimum Gasteiger partial charge on any atom is -0.343 e. The van der Waals surface area contributed by atoms with Crippen molar-refractivity contribution in [2.24, 2.45) is 0 Å². The molecule has 0 N–H and O–H groups in total. The standard InChI is InChI=1S/C24H29ClN2O/c1-18(20-7-5-8-21(25)17-20)16-23(28)27-14-11-24(12-15-27)22-9-4-3-6-19(22)10-13-26(24)2/h3-9,17-18H,10-16H2,1-2H3/t18-/m1/s1. The Morgan fingerprint density at radius 1 is 1.11 bits per heavy atom. The summed E-state index contributed by atoms with van der Waals surface area (Å²) in [7, 11) is 2.24. The number of likely N-dealkylation sites (tertiary alicyclic amines) is 1. The largest absolute Gasteiger partial charge is 0.343 e. The Kier molecular flexibility index (Phi) is 5.48. The van der Waals surface area contributed by atoms with E-state index in [1.165, 1.54) is 11.1 Å². The minimum atomic E-state index is 0.0875. The number of carbonyl (C=O) groups is 1. The monoisotopic (exact) mass is 396 g/mol. The predicted octanol–water partition coefficient (Wildman–Crippen LogP) is 4.84. The lowest BCUT2D eigenvalue weighted by molar-refractivity contribution is -0.134. The highest BCUT2D eigenvalue weighted by Gasteiger charge is 2.43. The summed E-state index contributed by atoms with van der Waals surface area (Å²) in [5.41, 5.74) is 4.18. The summed E-state index contributed by atoms with van der Waals surface area (Å²) >= 11 is 6.11. The lowest BCUT2D eigenvalue weighted by Gasteiger charge is -2.51. The average molecular weight is 397 g/mol. The first kappa shape index (κ1) is 19.5. The van der Waals surface area contributed by atoms with Crippen LogP contribution in [-0.4, -0.2) is 42.4 Å². The maximum Gasteiger partial charge on any atom is 0.223 e. The summed E-state index contributed by atoms with van der Waals surface area (Å²) in [6.45, 7) is 4.87. The maximum absolute atomic E-state index is 12.9. The molecular weight excluding hydrogens is 368 g/mol. The molecule has 4 heteroatoms. The molecule has 1 amide bonds. The fraction of sp³-hybridized carbons (Fsp3) is 0.458. The molecule has 0 saturated carbocycles. The molecule has 1 spiro atoms. The first-order valence-electron chi connectivity index (χ1n) is 10.3. The van der Waals surface area contributed by atoms with Gasteiger partial charge in [-0.15, -0.1) is 0 Å². The van der Waals surface area contributed by atoms with Crippen LogP contribution >= 0.6 is 11.6 Å². The van der Waals surface area contributed by atoms with Gasteiger partial charge in [0.05, 0.1) is 0 Å². The van der Waals surface area contributed by atoms with Gasteiger partial charge in [0.2, 0.25) is 5.91 Å². The Morgan fingerprint density at radius 2 is 1.86 bits per heavy atom. The van der Waals surface area contributed by atoms with Gasteiger partial charge in [0, 0.05) is 36.6 Å². The molecule has 0 bridgehead atoms. The van der Waals surface area contributed by atoms with Gasteiger partial charge in [-0.05, 0) is 61.1 Å². The summed E-state index contributed by atoms with van der Waals surface area (Å²) in [4.78, 5) is 17.5. The van der Waals surface area contributed by atoms with Crippen LogP contribution in [0.3, 0.4) is 0 Å². The third kappa shape index (κ3) is 3.58. The predicted molar refractivity (Wildman–Crippen MR) is 115 cm³/mol. The smallest absolute Gasteiger partial charge is 0.223 e. The normalized spacial score (nSPS) is 20.0. The maximum atomic E-state index is 12.9. The van der Waals surface area contributed by atoms with Crippen molar-refractivity contribution in [2.45, 2.75) is 44.1 Å². The number of amides is 1. The molecule has 1 saturated heterocycles. The number of nitrogens with zero attached hydrogens (tertiary/aromatic N) is 2. The van der Waals surface area contributed by atoms with E-state index < -0.39 is 0 Å². The van der Waals surface area contributed by atoms with Crippen molar-refractivity contribution in [3.05, 3.63) is 70.2 Å². The van der Waals surface area contributed by atoms with Crippen LogP contribution in [0.2, 0.25) is 5.02 Å². The first-order valence-corrected chi connectivity index (χ1v) is 10.7. The topological polar surface area (TPSA) is 23.6 Å². The van der Waals surface area contributed by atoms with Crippen molar-refractivity contribution < 1.29 is 4.79 Å². The van der Waals surface area contributed by atoms with E-state index in [9.17, 15) is 4.79 Å². The molecule has 0 unspecified atom stereocenters. The zero-order valence-electron chi connectivity index (χ0n) is 16.8. The van der Waals surface area contributed by atoms with Gasteiger partial charge in [-0.3, -0.25) is 9.69 Å². The van der Waals surface area contributed by atoms with E-state index in [1.807, 2.05) is 18.2 Å². The number of fused-ring (bicyclic) bond motifs is 2. The molecule has 1 atom stereocenters. The second-order valence-electron chi connectivity index (χ2n) is 8.40. The van der Waals surface area contributed by atoms with Crippen molar-refractivity contribution >= 4 is 17.5 Å². The fourth-order valence-electron chi connectivity index (χ4n) is 5.00. The Labute approximate surface area is 173 Å². The number of rotatable bonds is 3. The second-order valence-corrected chi connectivity index (χ2v) is 8.84. The molecule has 0 radical (unpaired) electrons. The molecule has 2 aliphatic heterocycles. The zero-order chi connectivity index (χ0) is 19.7. The van der Waals surface area contributed by atoms with Gasteiger partial charge >= 0.3 is 0 Å². The Hall–Kier alpha value is -1.84. The van der Waals surface area contributed by atoms with Crippen molar-refractivity contribution in [2.75, 3.05) is 26.7 Å². The van der Waals surface area contributed by atoms with E-state index in [0.717, 1.165) is 49.5 Å². The number of carbonyl (C=O) groups excluding carboxylic acids is 1. The molecule has 3 nitrogen and oxygen atoms in total. The quantitative estimate of drug-likeness (QED) is 0.741. The molecule has 2 heterocycles. The van der Waals surface area contributed by atoms with Crippen molar-refractivity contribution in [3.8, 4) is 0 Å². The average Bonchev–Trinajstić information content (AvgIpc) is 2.71. The lowest BCUT2D eigenvalue weighted by Crippen LogP contribution is -2.55. The Balaban J connectivity index is 1.43. The molecule has 0 aromatic heterocycles. The number of hydrogen-bond acceptors (Lipinski definition) is 2. The van der Waals surface area contributed by atoms with Crippen molar-refractivity contribution in [1.82, 2.24) is 9.80 Å². The van der Waals surface area contributed by atoms with E-state index in [1.54, 1.807) is 0 Å². The molecule has 28 heavy (non-hydrogen) atoms. The Bertz CT molecular complexity index is 857. The van der Waals surface area contributed by atoms with Gasteiger partial charge in [-0.25, -0.2) is 0 Å². The van der Waals surface area contributed by atoms with Gasteiger partial charge in [-0.2, -0.15) is 0 Å². The fourth-order valence-corrected chi connectivity index (χ4v) is 5.20. The van der Waals surface area contributed by atoms with Crippen LogP contribution in [0.5, 0.6) is 0 Å². The highest BCUT2D eigenvalue weighted by molar-refractivity contribution is 6.30. The van der Waals surface area contributed by atoms with Gasteiger partial charge in [0.15, 0.2) is 0 Å². The van der Waals surface area contributed by atoms with E-state index >= 15 is 0 Å². The third-order valence-electron chi connectivity index (χ3n) is 6.81. The second kappa shape index (κ2) is 7.88. The van der Waals surface area contributed by atoms with E-state index in [2.05, 4.69) is 54.1 Å². The van der Waals surface area contributed by atoms with Crippen LogP contribution in [-0.2, 0) is 16.8 Å². The summed E-state index contributed by atoms with van der Waals surface area (Å²) in [5, 5.41) is 0.732. The van der Waals surface area contributed by atoms with E-state index in [-0.39, 0.29) is 17.4 Å². The van der Waals surface area contributed by atoms with Gasteiger partial charge < -0.3 is 4.90 Å². The zero-order valence-corrected chi connectivity index (χ0v) is 17.6. The third-order valence-corrected chi connectivity index (χ3v) is 7.04. The number of benzene rings is 2. The molecular formula is C24H29ClN2O. The number of likely N-dealkylation sites (N-methyl/N-ethyl adjacent to an activating group) is 1. The highest BCUT2D eigenvalue weighted by Crippen LogP contribution is 2.42. The minimum absolute atomic E-state index is 0.0875.